The molecule has 2 heterocycles. The third-order valence-electron chi connectivity index (χ3n) is 5.40. The highest BCUT2D eigenvalue weighted by molar-refractivity contribution is 5.97. The summed E-state index contributed by atoms with van der Waals surface area (Å²) in [5, 5.41) is 13.8. The van der Waals surface area contributed by atoms with Gasteiger partial charge in [-0.25, -0.2) is 0 Å². The van der Waals surface area contributed by atoms with E-state index in [9.17, 15) is 19.5 Å². The van der Waals surface area contributed by atoms with Gasteiger partial charge in [0.25, 0.3) is 0 Å². The van der Waals surface area contributed by atoms with Crippen LogP contribution in [-0.4, -0.2) is 51.3 Å². The summed E-state index contributed by atoms with van der Waals surface area (Å²) in [6.45, 7) is 5.64. The summed E-state index contributed by atoms with van der Waals surface area (Å²) in [6.07, 6.45) is 0.343. The number of rotatable bonds is 8. The van der Waals surface area contributed by atoms with Crippen LogP contribution in [0.1, 0.15) is 54.1 Å². The molecular formula is C23H28N2O5. The van der Waals surface area contributed by atoms with Gasteiger partial charge in [-0.1, -0.05) is 43.3 Å². The predicted molar refractivity (Wildman–Crippen MR) is 110 cm³/mol. The minimum atomic E-state index is -0.708. The Bertz CT molecular complexity index is 916. The fourth-order valence-electron chi connectivity index (χ4n) is 3.75. The van der Waals surface area contributed by atoms with Gasteiger partial charge in [-0.3, -0.25) is 14.4 Å². The number of ketones is 2. The van der Waals surface area contributed by atoms with Gasteiger partial charge in [0.05, 0.1) is 24.3 Å². The second-order valence-corrected chi connectivity index (χ2v) is 8.24. The van der Waals surface area contributed by atoms with Gasteiger partial charge in [0, 0.05) is 36.9 Å². The number of hydrogen-bond donors (Lipinski definition) is 1. The van der Waals surface area contributed by atoms with Gasteiger partial charge in [-0.2, -0.15) is 0 Å². The lowest BCUT2D eigenvalue weighted by Crippen LogP contribution is -2.41. The highest BCUT2D eigenvalue weighted by Crippen LogP contribution is 2.22. The molecule has 3 rings (SSSR count). The zero-order valence-electron chi connectivity index (χ0n) is 17.6. The van der Waals surface area contributed by atoms with Crippen molar-refractivity contribution in [1.29, 1.82) is 0 Å². The number of aryl methyl sites for hydroxylation is 2. The van der Waals surface area contributed by atoms with Crippen molar-refractivity contribution in [1.82, 2.24) is 10.1 Å². The van der Waals surface area contributed by atoms with Crippen LogP contribution in [0.25, 0.3) is 0 Å². The molecular weight excluding hydrogens is 384 g/mol. The quantitative estimate of drug-likeness (QED) is 0.669. The third-order valence-corrected chi connectivity index (χ3v) is 5.40. The zero-order chi connectivity index (χ0) is 21.8. The SMILES string of the molecule is Cc1cc(CC(=O)N2C[C@H](O)C[C@H]2C(=O)CCc2ccc(C(=O)C(C)C)cc2)on1. The van der Waals surface area contributed by atoms with Crippen molar-refractivity contribution < 1.29 is 24.0 Å². The lowest BCUT2D eigenvalue weighted by molar-refractivity contribution is -0.137. The molecule has 0 bridgehead atoms. The van der Waals surface area contributed by atoms with E-state index in [1.165, 1.54) is 4.90 Å². The number of nitrogens with zero attached hydrogens (tertiary/aromatic N) is 2. The molecule has 1 amide bonds. The maximum absolute atomic E-state index is 12.8. The number of likely N-dealkylation sites (tertiary alicyclic amines) is 1. The monoisotopic (exact) mass is 412 g/mol. The number of aliphatic hydroxyl groups is 1. The van der Waals surface area contributed by atoms with Gasteiger partial charge in [0.15, 0.2) is 11.6 Å². The molecule has 0 spiro atoms. The van der Waals surface area contributed by atoms with Gasteiger partial charge in [-0.15, -0.1) is 0 Å². The van der Waals surface area contributed by atoms with Crippen LogP contribution in [0.3, 0.4) is 0 Å². The molecule has 1 saturated heterocycles. The highest BCUT2D eigenvalue weighted by atomic mass is 16.5. The third kappa shape index (κ3) is 5.21. The Morgan fingerprint density at radius 2 is 1.93 bits per heavy atom. The summed E-state index contributed by atoms with van der Waals surface area (Å²) < 4.78 is 5.09. The molecule has 2 aromatic rings. The van der Waals surface area contributed by atoms with Crippen LogP contribution in [0.4, 0.5) is 0 Å². The van der Waals surface area contributed by atoms with E-state index in [0.29, 0.717) is 23.4 Å². The van der Waals surface area contributed by atoms with Crippen LogP contribution in [0.15, 0.2) is 34.9 Å². The molecule has 1 aromatic heterocycles. The summed E-state index contributed by atoms with van der Waals surface area (Å²) in [5.41, 5.74) is 2.31. The minimum Gasteiger partial charge on any atom is -0.391 e. The predicted octanol–water partition coefficient (Wildman–Crippen LogP) is 2.53. The van der Waals surface area contributed by atoms with E-state index in [1.54, 1.807) is 25.1 Å². The molecule has 1 aliphatic rings. The van der Waals surface area contributed by atoms with Crippen LogP contribution in [0, 0.1) is 12.8 Å². The van der Waals surface area contributed by atoms with Gasteiger partial charge in [0.2, 0.25) is 5.91 Å². The maximum Gasteiger partial charge on any atom is 0.231 e. The van der Waals surface area contributed by atoms with Crippen molar-refractivity contribution in [3.8, 4) is 0 Å². The van der Waals surface area contributed by atoms with Gasteiger partial charge >= 0.3 is 0 Å². The Kier molecular flexibility index (Phi) is 6.82. The van der Waals surface area contributed by atoms with Crippen molar-refractivity contribution in [3.05, 3.63) is 52.9 Å². The molecule has 0 unspecified atom stereocenters. The van der Waals surface area contributed by atoms with Crippen LogP contribution in [-0.2, 0) is 22.4 Å². The van der Waals surface area contributed by atoms with Gasteiger partial charge < -0.3 is 14.5 Å². The van der Waals surface area contributed by atoms with Crippen molar-refractivity contribution in [2.75, 3.05) is 6.54 Å². The van der Waals surface area contributed by atoms with Crippen LogP contribution >= 0.6 is 0 Å². The first kappa shape index (κ1) is 21.9. The van der Waals surface area contributed by atoms with E-state index in [-0.39, 0.29) is 49.2 Å². The highest BCUT2D eigenvalue weighted by Gasteiger charge is 2.38. The Morgan fingerprint density at radius 3 is 2.53 bits per heavy atom. The Balaban J connectivity index is 1.59. The first-order valence-corrected chi connectivity index (χ1v) is 10.3. The number of aliphatic hydroxyl groups excluding tert-OH is 1. The summed E-state index contributed by atoms with van der Waals surface area (Å²) in [6, 6.07) is 8.36. The first-order valence-electron chi connectivity index (χ1n) is 10.3. The Morgan fingerprint density at radius 1 is 1.23 bits per heavy atom. The lowest BCUT2D eigenvalue weighted by atomic mass is 9.97. The molecule has 1 fully saturated rings. The average Bonchev–Trinajstić information content (AvgIpc) is 3.31. The fourth-order valence-corrected chi connectivity index (χ4v) is 3.75. The van der Waals surface area contributed by atoms with Crippen molar-refractivity contribution in [2.45, 2.75) is 58.6 Å². The molecule has 2 atom stereocenters. The van der Waals surface area contributed by atoms with E-state index in [4.69, 9.17) is 4.52 Å². The van der Waals surface area contributed by atoms with Crippen molar-refractivity contribution in [2.24, 2.45) is 5.92 Å². The van der Waals surface area contributed by atoms with E-state index >= 15 is 0 Å². The Hall–Kier alpha value is -2.80. The van der Waals surface area contributed by atoms with Crippen molar-refractivity contribution in [3.63, 3.8) is 0 Å². The van der Waals surface area contributed by atoms with E-state index in [1.807, 2.05) is 26.0 Å². The summed E-state index contributed by atoms with van der Waals surface area (Å²) in [4.78, 5) is 38.9. The topological polar surface area (TPSA) is 101 Å². The largest absolute Gasteiger partial charge is 0.391 e. The molecule has 30 heavy (non-hydrogen) atoms. The summed E-state index contributed by atoms with van der Waals surface area (Å²) in [5.74, 6) is 0.152. The fraction of sp³-hybridized carbons (Fsp3) is 0.478. The summed E-state index contributed by atoms with van der Waals surface area (Å²) >= 11 is 0. The number of β-amino-alcohol motifs (C(OH)–C–C–N with tert-alkyl or cyclic N) is 1. The number of Topliss-reactive ketones (excluding diaryl/α,β-unsaturated/α-hetero) is 2. The molecule has 7 heteroatoms. The van der Waals surface area contributed by atoms with Gasteiger partial charge in [-0.05, 0) is 18.9 Å². The number of amides is 1. The lowest BCUT2D eigenvalue weighted by Gasteiger charge is -2.23. The van der Waals surface area contributed by atoms with E-state index in [0.717, 1.165) is 5.56 Å². The number of aromatic nitrogens is 1. The first-order chi connectivity index (χ1) is 14.2. The molecule has 1 aliphatic heterocycles. The molecule has 7 nitrogen and oxygen atoms in total. The number of carbonyl (C=O) groups is 3. The van der Waals surface area contributed by atoms with E-state index < -0.39 is 12.1 Å². The number of carbonyl (C=O) groups excluding carboxylic acids is 3. The normalized spacial score (nSPS) is 18.8. The molecule has 1 N–H and O–H groups in total. The van der Waals surface area contributed by atoms with Crippen LogP contribution in [0.5, 0.6) is 0 Å². The zero-order valence-corrected chi connectivity index (χ0v) is 17.6. The van der Waals surface area contributed by atoms with E-state index in [2.05, 4.69) is 5.16 Å². The standard InChI is InChI=1S/C23H28N2O5/c1-14(2)23(29)17-7-4-16(5-8-17)6-9-21(27)20-11-18(26)13-25(20)22(28)12-19-10-15(3)24-30-19/h4-5,7-8,10,14,18,20,26H,6,9,11-13H2,1-3H3/t18-,20+/m1/s1. The Labute approximate surface area is 176 Å². The number of hydrogen-bond acceptors (Lipinski definition) is 6. The van der Waals surface area contributed by atoms with Gasteiger partial charge in [0.1, 0.15) is 5.76 Å². The minimum absolute atomic E-state index is 0.0165. The average molecular weight is 412 g/mol. The number of benzene rings is 1. The van der Waals surface area contributed by atoms with Crippen LogP contribution in [0.2, 0.25) is 0 Å². The smallest absolute Gasteiger partial charge is 0.231 e. The van der Waals surface area contributed by atoms with Crippen molar-refractivity contribution >= 4 is 17.5 Å². The molecule has 0 saturated carbocycles. The second kappa shape index (κ2) is 9.34. The van der Waals surface area contributed by atoms with Crippen LogP contribution < -0.4 is 0 Å². The second-order valence-electron chi connectivity index (χ2n) is 8.24. The molecule has 0 aliphatic carbocycles. The maximum atomic E-state index is 12.8. The summed E-state index contributed by atoms with van der Waals surface area (Å²) in [7, 11) is 0. The molecule has 0 radical (unpaired) electrons. The molecule has 160 valence electrons. The molecule has 1 aromatic carbocycles.